The molecule has 0 aliphatic carbocycles. The first-order valence-corrected chi connectivity index (χ1v) is 7.39. The van der Waals surface area contributed by atoms with Gasteiger partial charge < -0.3 is 5.11 Å². The van der Waals surface area contributed by atoms with Crippen molar-refractivity contribution in [1.29, 1.82) is 0 Å². The lowest BCUT2D eigenvalue weighted by Gasteiger charge is -2.34. The van der Waals surface area contributed by atoms with Crippen molar-refractivity contribution >= 4 is 0 Å². The highest BCUT2D eigenvalue weighted by Gasteiger charge is 2.39. The largest absolute Gasteiger partial charge is 0.416 e. The molecular formula is C15H15F3N6O. The van der Waals surface area contributed by atoms with Crippen molar-refractivity contribution < 1.29 is 18.3 Å². The van der Waals surface area contributed by atoms with Crippen LogP contribution < -0.4 is 0 Å². The Balaban J connectivity index is 2.01. The van der Waals surface area contributed by atoms with E-state index in [9.17, 15) is 18.3 Å². The predicted molar refractivity (Wildman–Crippen MR) is 80.1 cm³/mol. The zero-order valence-electron chi connectivity index (χ0n) is 13.2. The molecule has 3 aromatic rings. The van der Waals surface area contributed by atoms with E-state index in [0.717, 1.165) is 12.1 Å². The Morgan fingerprint density at radius 2 is 1.84 bits per heavy atom. The summed E-state index contributed by atoms with van der Waals surface area (Å²) in [6, 6.07) is 3.78. The minimum Gasteiger partial charge on any atom is -0.381 e. The summed E-state index contributed by atoms with van der Waals surface area (Å²) in [5, 5.41) is 22.9. The van der Waals surface area contributed by atoms with Crippen LogP contribution in [0.2, 0.25) is 0 Å². The highest BCUT2D eigenvalue weighted by atomic mass is 19.4. The quantitative estimate of drug-likeness (QED) is 0.760. The fraction of sp³-hybridized carbons (Fsp3) is 0.333. The number of alkyl halides is 3. The van der Waals surface area contributed by atoms with Crippen molar-refractivity contribution in [3.63, 3.8) is 0 Å². The SMILES string of the molecule is C[C@@H](n1ccnn1)[C@](O)(Cn1cncn1)c1ccc(C(F)(F)F)cc1. The zero-order chi connectivity index (χ0) is 18.1. The molecule has 132 valence electrons. The summed E-state index contributed by atoms with van der Waals surface area (Å²) in [6.45, 7) is 1.68. The van der Waals surface area contributed by atoms with E-state index in [-0.39, 0.29) is 6.54 Å². The van der Waals surface area contributed by atoms with Crippen LogP contribution in [-0.4, -0.2) is 34.9 Å². The van der Waals surface area contributed by atoms with Gasteiger partial charge in [-0.05, 0) is 24.6 Å². The van der Waals surface area contributed by atoms with Gasteiger partial charge in [0.05, 0.1) is 24.3 Å². The van der Waals surface area contributed by atoms with Crippen molar-refractivity contribution in [2.75, 3.05) is 0 Å². The van der Waals surface area contributed by atoms with Gasteiger partial charge in [0.2, 0.25) is 0 Å². The summed E-state index contributed by atoms with van der Waals surface area (Å²) >= 11 is 0. The van der Waals surface area contributed by atoms with Gasteiger partial charge in [-0.3, -0.25) is 0 Å². The standard InChI is InChI=1S/C15H15F3N6O/c1-11(24-7-6-20-22-24)14(25,8-23-10-19-9-21-23)12-2-4-13(5-3-12)15(16,17)18/h2-7,9-11,25H,8H2,1H3/t11-,14-/m1/s1. The van der Waals surface area contributed by atoms with Gasteiger partial charge in [0.25, 0.3) is 0 Å². The smallest absolute Gasteiger partial charge is 0.381 e. The van der Waals surface area contributed by atoms with E-state index in [1.165, 1.54) is 40.3 Å². The molecule has 1 aromatic carbocycles. The molecule has 3 rings (SSSR count). The van der Waals surface area contributed by atoms with Crippen LogP contribution in [0, 0.1) is 0 Å². The van der Waals surface area contributed by atoms with E-state index in [4.69, 9.17) is 0 Å². The molecule has 2 aromatic heterocycles. The molecule has 0 unspecified atom stereocenters. The summed E-state index contributed by atoms with van der Waals surface area (Å²) in [5.41, 5.74) is -2.06. The molecule has 0 aliphatic rings. The summed E-state index contributed by atoms with van der Waals surface area (Å²) < 4.78 is 41.2. The van der Waals surface area contributed by atoms with Crippen LogP contribution in [0.25, 0.3) is 0 Å². The monoisotopic (exact) mass is 352 g/mol. The second kappa shape index (κ2) is 6.28. The molecule has 0 spiro atoms. The van der Waals surface area contributed by atoms with Crippen LogP contribution in [0.15, 0.2) is 49.3 Å². The van der Waals surface area contributed by atoms with Gasteiger partial charge in [0.1, 0.15) is 18.3 Å². The molecule has 7 nitrogen and oxygen atoms in total. The van der Waals surface area contributed by atoms with Gasteiger partial charge in [-0.1, -0.05) is 17.3 Å². The first kappa shape index (κ1) is 17.1. The van der Waals surface area contributed by atoms with Gasteiger partial charge in [0.15, 0.2) is 0 Å². The van der Waals surface area contributed by atoms with Gasteiger partial charge >= 0.3 is 6.18 Å². The molecule has 0 bridgehead atoms. The molecule has 0 aliphatic heterocycles. The summed E-state index contributed by atoms with van der Waals surface area (Å²) in [5.74, 6) is 0. The third-order valence-corrected chi connectivity index (χ3v) is 4.11. The molecule has 0 saturated heterocycles. The Bertz CT molecular complexity index is 801. The minimum atomic E-state index is -4.44. The van der Waals surface area contributed by atoms with Gasteiger partial charge in [-0.15, -0.1) is 5.10 Å². The fourth-order valence-corrected chi connectivity index (χ4v) is 2.62. The third kappa shape index (κ3) is 3.38. The Kier molecular flexibility index (Phi) is 4.29. The number of halogens is 3. The number of nitrogens with zero attached hydrogens (tertiary/aromatic N) is 6. The van der Waals surface area contributed by atoms with E-state index in [1.807, 2.05) is 0 Å². The highest BCUT2D eigenvalue weighted by molar-refractivity contribution is 5.29. The number of hydrogen-bond donors (Lipinski definition) is 1. The average molecular weight is 352 g/mol. The van der Waals surface area contributed by atoms with E-state index in [2.05, 4.69) is 20.4 Å². The molecule has 0 amide bonds. The maximum absolute atomic E-state index is 12.8. The maximum atomic E-state index is 12.8. The maximum Gasteiger partial charge on any atom is 0.416 e. The van der Waals surface area contributed by atoms with Crippen molar-refractivity contribution in [3.05, 3.63) is 60.4 Å². The first-order valence-electron chi connectivity index (χ1n) is 7.39. The van der Waals surface area contributed by atoms with Crippen molar-refractivity contribution in [2.24, 2.45) is 0 Å². The van der Waals surface area contributed by atoms with Crippen LogP contribution in [0.1, 0.15) is 24.1 Å². The first-order chi connectivity index (χ1) is 11.8. The summed E-state index contributed by atoms with van der Waals surface area (Å²) in [6.07, 6.45) is 1.32. The highest BCUT2D eigenvalue weighted by Crippen LogP contribution is 2.36. The van der Waals surface area contributed by atoms with Crippen molar-refractivity contribution in [1.82, 2.24) is 29.8 Å². The average Bonchev–Trinajstić information content (AvgIpc) is 3.27. The Morgan fingerprint density at radius 3 is 2.36 bits per heavy atom. The zero-order valence-corrected chi connectivity index (χ0v) is 13.2. The topological polar surface area (TPSA) is 81.6 Å². The number of benzene rings is 1. The van der Waals surface area contributed by atoms with Gasteiger partial charge in [-0.2, -0.15) is 18.3 Å². The number of hydrogen-bond acceptors (Lipinski definition) is 5. The normalized spacial score (nSPS) is 15.7. The molecular weight excluding hydrogens is 337 g/mol. The molecule has 0 radical (unpaired) electrons. The van der Waals surface area contributed by atoms with Crippen molar-refractivity contribution in [3.8, 4) is 0 Å². The Morgan fingerprint density at radius 1 is 1.16 bits per heavy atom. The van der Waals surface area contributed by atoms with Gasteiger partial charge in [0, 0.05) is 6.20 Å². The summed E-state index contributed by atoms with van der Waals surface area (Å²) in [4.78, 5) is 3.83. The van der Waals surface area contributed by atoms with Crippen LogP contribution >= 0.6 is 0 Å². The lowest BCUT2D eigenvalue weighted by atomic mass is 9.86. The molecule has 2 atom stereocenters. The van der Waals surface area contributed by atoms with Crippen LogP contribution in [0.5, 0.6) is 0 Å². The lowest BCUT2D eigenvalue weighted by molar-refractivity contribution is -0.137. The Labute approximate surface area is 140 Å². The molecule has 25 heavy (non-hydrogen) atoms. The Hall–Kier alpha value is -2.75. The van der Waals surface area contributed by atoms with Crippen LogP contribution in [-0.2, 0) is 18.3 Å². The van der Waals surface area contributed by atoms with E-state index >= 15 is 0 Å². The predicted octanol–water partition coefficient (Wildman–Crippen LogP) is 2.04. The van der Waals surface area contributed by atoms with E-state index in [0.29, 0.717) is 5.56 Å². The second-order valence-corrected chi connectivity index (χ2v) is 5.65. The number of rotatable bonds is 5. The molecule has 0 fully saturated rings. The van der Waals surface area contributed by atoms with Crippen LogP contribution in [0.4, 0.5) is 13.2 Å². The second-order valence-electron chi connectivity index (χ2n) is 5.65. The number of aliphatic hydroxyl groups is 1. The molecule has 10 heteroatoms. The van der Waals surface area contributed by atoms with Crippen molar-refractivity contribution in [2.45, 2.75) is 31.3 Å². The third-order valence-electron chi connectivity index (χ3n) is 4.11. The van der Waals surface area contributed by atoms with E-state index < -0.39 is 23.4 Å². The van der Waals surface area contributed by atoms with Crippen LogP contribution in [0.3, 0.4) is 0 Å². The van der Waals surface area contributed by atoms with Gasteiger partial charge in [-0.25, -0.2) is 14.3 Å². The lowest BCUT2D eigenvalue weighted by Crippen LogP contribution is -2.40. The molecule has 1 N–H and O–H groups in total. The number of aromatic nitrogens is 6. The molecule has 2 heterocycles. The minimum absolute atomic E-state index is 0.0145. The molecule has 0 saturated carbocycles. The fourth-order valence-electron chi connectivity index (χ4n) is 2.62. The summed E-state index contributed by atoms with van der Waals surface area (Å²) in [7, 11) is 0. The van der Waals surface area contributed by atoms with E-state index in [1.54, 1.807) is 13.1 Å².